The van der Waals surface area contributed by atoms with Gasteiger partial charge < -0.3 is 20.1 Å². The summed E-state index contributed by atoms with van der Waals surface area (Å²) in [6, 6.07) is 12.7. The first-order valence-electron chi connectivity index (χ1n) is 11.2. The van der Waals surface area contributed by atoms with Crippen molar-refractivity contribution in [3.05, 3.63) is 76.6 Å². The van der Waals surface area contributed by atoms with Crippen LogP contribution in [0.15, 0.2) is 59.9 Å². The molecule has 2 aromatic carbocycles. The molecule has 2 heterocycles. The summed E-state index contributed by atoms with van der Waals surface area (Å²) in [7, 11) is 3.16. The SMILES string of the molecule is COc1ccc([C@@H]2C3=C(CCCC3=O)Nc3c(C(=O)Nc4ccc(C)cc4)cnn32)cc1OC. The van der Waals surface area contributed by atoms with E-state index < -0.39 is 6.04 Å². The predicted molar refractivity (Wildman–Crippen MR) is 129 cm³/mol. The van der Waals surface area contributed by atoms with E-state index in [1.807, 2.05) is 49.4 Å². The standard InChI is InChI=1S/C26H26N4O4/c1-15-7-10-17(11-8-15)28-26(32)18-14-27-30-24(16-9-12-21(33-2)22(13-16)34-3)23-19(29-25(18)30)5-4-6-20(23)31/h7-14,24,29H,4-6H2,1-3H3,(H,28,32)/t24-/m1/s1. The first-order valence-corrected chi connectivity index (χ1v) is 11.2. The van der Waals surface area contributed by atoms with Crippen LogP contribution < -0.4 is 20.1 Å². The Hall–Kier alpha value is -4.07. The number of fused-ring (bicyclic) bond motifs is 1. The van der Waals surface area contributed by atoms with Gasteiger partial charge in [-0.2, -0.15) is 5.10 Å². The lowest BCUT2D eigenvalue weighted by Crippen LogP contribution is -2.32. The Morgan fingerprint density at radius 1 is 1.09 bits per heavy atom. The monoisotopic (exact) mass is 458 g/mol. The summed E-state index contributed by atoms with van der Waals surface area (Å²) in [5, 5.41) is 10.8. The van der Waals surface area contributed by atoms with Gasteiger partial charge in [-0.05, 0) is 49.6 Å². The Labute approximate surface area is 197 Å². The van der Waals surface area contributed by atoms with E-state index in [4.69, 9.17) is 9.47 Å². The van der Waals surface area contributed by atoms with E-state index in [0.717, 1.165) is 29.7 Å². The molecule has 0 fully saturated rings. The second-order valence-electron chi connectivity index (χ2n) is 8.48. The number of allylic oxidation sites excluding steroid dienone is 2. The van der Waals surface area contributed by atoms with Crippen LogP contribution in [0.3, 0.4) is 0 Å². The maximum atomic E-state index is 13.2. The second-order valence-corrected chi connectivity index (χ2v) is 8.48. The second kappa shape index (κ2) is 8.70. The van der Waals surface area contributed by atoms with Gasteiger partial charge in [0.15, 0.2) is 17.3 Å². The number of Topliss-reactive ketones (excluding diaryl/α,β-unsaturated/α-hetero) is 1. The van der Waals surface area contributed by atoms with Gasteiger partial charge in [0.05, 0.1) is 20.4 Å². The fraction of sp³-hybridized carbons (Fsp3) is 0.269. The average molecular weight is 459 g/mol. The minimum absolute atomic E-state index is 0.0836. The third kappa shape index (κ3) is 3.71. The van der Waals surface area contributed by atoms with Crippen LogP contribution >= 0.6 is 0 Å². The topological polar surface area (TPSA) is 94.5 Å². The number of anilines is 2. The third-order valence-corrected chi connectivity index (χ3v) is 6.32. The van der Waals surface area contributed by atoms with Crippen LogP contribution in [0.5, 0.6) is 11.5 Å². The third-order valence-electron chi connectivity index (χ3n) is 6.32. The van der Waals surface area contributed by atoms with Crippen LogP contribution in [0.25, 0.3) is 0 Å². The number of nitrogens with zero attached hydrogens (tertiary/aromatic N) is 2. The molecule has 1 amide bonds. The fourth-order valence-electron chi connectivity index (χ4n) is 4.59. The zero-order valence-corrected chi connectivity index (χ0v) is 19.3. The minimum atomic E-state index is -0.472. The Morgan fingerprint density at radius 3 is 2.59 bits per heavy atom. The van der Waals surface area contributed by atoms with E-state index in [2.05, 4.69) is 15.7 Å². The Morgan fingerprint density at radius 2 is 1.85 bits per heavy atom. The summed E-state index contributed by atoms with van der Waals surface area (Å²) in [6.45, 7) is 1.99. The number of carbonyl (C=O) groups excluding carboxylic acids is 2. The number of hydrogen-bond acceptors (Lipinski definition) is 6. The van der Waals surface area contributed by atoms with Crippen LogP contribution in [-0.2, 0) is 4.79 Å². The summed E-state index contributed by atoms with van der Waals surface area (Å²) >= 11 is 0. The van der Waals surface area contributed by atoms with Gasteiger partial charge in [-0.25, -0.2) is 4.68 Å². The molecule has 8 nitrogen and oxygen atoms in total. The number of amides is 1. The molecule has 2 N–H and O–H groups in total. The highest BCUT2D eigenvalue weighted by molar-refractivity contribution is 6.08. The van der Waals surface area contributed by atoms with Crippen LogP contribution in [0.4, 0.5) is 11.5 Å². The zero-order chi connectivity index (χ0) is 23.8. The number of carbonyl (C=O) groups is 2. The maximum absolute atomic E-state index is 13.2. The zero-order valence-electron chi connectivity index (χ0n) is 19.3. The summed E-state index contributed by atoms with van der Waals surface area (Å²) < 4.78 is 12.6. The van der Waals surface area contributed by atoms with E-state index >= 15 is 0 Å². The number of methoxy groups -OCH3 is 2. The molecule has 8 heteroatoms. The highest BCUT2D eigenvalue weighted by Crippen LogP contribution is 2.43. The number of aromatic nitrogens is 2. The van der Waals surface area contributed by atoms with Crippen molar-refractivity contribution in [3.8, 4) is 11.5 Å². The molecule has 1 aliphatic heterocycles. The van der Waals surface area contributed by atoms with E-state index in [1.54, 1.807) is 25.1 Å². The molecule has 0 saturated heterocycles. The molecule has 0 bridgehead atoms. The predicted octanol–water partition coefficient (Wildman–Crippen LogP) is 4.48. The number of ketones is 1. The molecule has 0 saturated carbocycles. The molecular weight excluding hydrogens is 432 g/mol. The Balaban J connectivity index is 1.58. The van der Waals surface area contributed by atoms with Crippen LogP contribution in [0, 0.1) is 6.92 Å². The number of benzene rings is 2. The molecule has 3 aromatic rings. The number of ether oxygens (including phenoxy) is 2. The van der Waals surface area contributed by atoms with E-state index in [-0.39, 0.29) is 11.7 Å². The molecule has 1 aliphatic carbocycles. The average Bonchev–Trinajstić information content (AvgIpc) is 3.27. The van der Waals surface area contributed by atoms with Crippen molar-refractivity contribution >= 4 is 23.2 Å². The lowest BCUT2D eigenvalue weighted by atomic mass is 9.85. The van der Waals surface area contributed by atoms with Gasteiger partial charge in [0, 0.05) is 23.4 Å². The first-order chi connectivity index (χ1) is 16.5. The normalized spacial score (nSPS) is 16.9. The summed E-state index contributed by atoms with van der Waals surface area (Å²) in [6.07, 6.45) is 3.53. The number of rotatable bonds is 5. The smallest absolute Gasteiger partial charge is 0.261 e. The van der Waals surface area contributed by atoms with Crippen molar-refractivity contribution in [2.45, 2.75) is 32.2 Å². The molecule has 0 radical (unpaired) electrons. The minimum Gasteiger partial charge on any atom is -0.493 e. The lowest BCUT2D eigenvalue weighted by Gasteiger charge is -2.33. The molecule has 174 valence electrons. The number of hydrogen-bond donors (Lipinski definition) is 2. The summed E-state index contributed by atoms with van der Waals surface area (Å²) in [5.74, 6) is 1.55. The Kier molecular flexibility index (Phi) is 5.57. The molecule has 2 aliphatic rings. The van der Waals surface area contributed by atoms with Crippen molar-refractivity contribution < 1.29 is 19.1 Å². The molecule has 0 unspecified atom stereocenters. The van der Waals surface area contributed by atoms with Gasteiger partial charge in [0.1, 0.15) is 17.4 Å². The van der Waals surface area contributed by atoms with Gasteiger partial charge >= 0.3 is 0 Å². The molecule has 34 heavy (non-hydrogen) atoms. The van der Waals surface area contributed by atoms with Gasteiger partial charge in [0.2, 0.25) is 0 Å². The van der Waals surface area contributed by atoms with Crippen LogP contribution in [0.1, 0.15) is 46.8 Å². The highest BCUT2D eigenvalue weighted by Gasteiger charge is 2.38. The number of aryl methyl sites for hydroxylation is 1. The first kappa shape index (κ1) is 21.8. The number of nitrogens with one attached hydrogen (secondary N) is 2. The summed E-state index contributed by atoms with van der Waals surface area (Å²) in [5.41, 5.74) is 4.58. The molecule has 5 rings (SSSR count). The van der Waals surface area contributed by atoms with Gasteiger partial charge in [-0.15, -0.1) is 0 Å². The van der Waals surface area contributed by atoms with E-state index in [9.17, 15) is 9.59 Å². The quantitative estimate of drug-likeness (QED) is 0.585. The van der Waals surface area contributed by atoms with Crippen molar-refractivity contribution in [2.24, 2.45) is 0 Å². The van der Waals surface area contributed by atoms with E-state index in [0.29, 0.717) is 40.6 Å². The van der Waals surface area contributed by atoms with Crippen molar-refractivity contribution in [1.29, 1.82) is 0 Å². The van der Waals surface area contributed by atoms with Gasteiger partial charge in [-0.1, -0.05) is 23.8 Å². The largest absolute Gasteiger partial charge is 0.493 e. The Bertz CT molecular complexity index is 1310. The lowest BCUT2D eigenvalue weighted by molar-refractivity contribution is -0.116. The fourth-order valence-corrected chi connectivity index (χ4v) is 4.59. The summed E-state index contributed by atoms with van der Waals surface area (Å²) in [4.78, 5) is 26.2. The van der Waals surface area contributed by atoms with Gasteiger partial charge in [0.25, 0.3) is 5.91 Å². The molecule has 0 spiro atoms. The molecule has 1 aromatic heterocycles. The van der Waals surface area contributed by atoms with Crippen molar-refractivity contribution in [2.75, 3.05) is 24.9 Å². The van der Waals surface area contributed by atoms with Gasteiger partial charge in [-0.3, -0.25) is 9.59 Å². The van der Waals surface area contributed by atoms with Crippen LogP contribution in [-0.4, -0.2) is 35.7 Å². The van der Waals surface area contributed by atoms with E-state index in [1.165, 1.54) is 0 Å². The highest BCUT2D eigenvalue weighted by atomic mass is 16.5. The maximum Gasteiger partial charge on any atom is 0.261 e. The molecule has 1 atom stereocenters. The van der Waals surface area contributed by atoms with Crippen LogP contribution in [0.2, 0.25) is 0 Å². The molecular formula is C26H26N4O4. The van der Waals surface area contributed by atoms with Crippen molar-refractivity contribution in [3.63, 3.8) is 0 Å². The van der Waals surface area contributed by atoms with Crippen molar-refractivity contribution in [1.82, 2.24) is 9.78 Å².